The second-order valence-electron chi connectivity index (χ2n) is 7.98. The molecule has 0 amide bonds. The molecule has 3 aromatic carbocycles. The van der Waals surface area contributed by atoms with Gasteiger partial charge in [-0.3, -0.25) is 0 Å². The molecule has 1 aliphatic heterocycles. The Hall–Kier alpha value is -3.17. The van der Waals surface area contributed by atoms with Crippen LogP contribution in [0.2, 0.25) is 0 Å². The molecule has 34 heavy (non-hydrogen) atoms. The average molecular weight is 491 g/mol. The summed E-state index contributed by atoms with van der Waals surface area (Å²) in [5, 5.41) is 3.77. The van der Waals surface area contributed by atoms with E-state index >= 15 is 0 Å². The highest BCUT2D eigenvalue weighted by Gasteiger charge is 2.37. The standard InChI is InChI=1S/C24H24N2.CHF3O3S/c1-17-13-15-21(16-14-17)24-25-23-12-8-7-11-22(23)19(3)26(24)18(2)20-9-5-4-6-10-20;2-1(3,4)8(5,6)7/h4-16,18,24H,1-3H3;(H,5,6,7)/t18-,24?;/m1./s1. The molecule has 1 N–H and O–H groups in total. The fourth-order valence-corrected chi connectivity index (χ4v) is 3.87. The molecule has 180 valence electrons. The largest absolute Gasteiger partial charge is 0.741 e. The number of fused-ring (bicyclic) bond motifs is 1. The third-order valence-corrected chi connectivity index (χ3v) is 6.22. The first-order valence-corrected chi connectivity index (χ1v) is 11.9. The second-order valence-corrected chi connectivity index (χ2v) is 9.35. The van der Waals surface area contributed by atoms with Gasteiger partial charge in [0, 0.05) is 25.0 Å². The van der Waals surface area contributed by atoms with Crippen LogP contribution in [0.4, 0.5) is 18.9 Å². The van der Waals surface area contributed by atoms with Crippen LogP contribution in [0, 0.1) is 6.92 Å². The summed E-state index contributed by atoms with van der Waals surface area (Å²) in [6.07, 6.45) is 0.112. The second kappa shape index (κ2) is 9.99. The molecule has 0 aliphatic carbocycles. The van der Waals surface area contributed by atoms with E-state index < -0.39 is 15.6 Å². The van der Waals surface area contributed by atoms with Crippen LogP contribution >= 0.6 is 0 Å². The maximum absolute atomic E-state index is 10.7. The van der Waals surface area contributed by atoms with Crippen LogP contribution in [-0.4, -0.2) is 28.8 Å². The van der Waals surface area contributed by atoms with Crippen molar-refractivity contribution >= 4 is 21.5 Å². The van der Waals surface area contributed by atoms with Gasteiger partial charge in [-0.05, 0) is 19.1 Å². The van der Waals surface area contributed by atoms with Gasteiger partial charge in [-0.2, -0.15) is 13.2 Å². The quantitative estimate of drug-likeness (QED) is 0.288. The molecule has 0 radical (unpaired) electrons. The van der Waals surface area contributed by atoms with Crippen molar-refractivity contribution in [3.63, 3.8) is 0 Å². The van der Waals surface area contributed by atoms with Crippen LogP contribution in [0.25, 0.3) is 0 Å². The van der Waals surface area contributed by atoms with Crippen molar-refractivity contribution in [2.45, 2.75) is 38.5 Å². The SMILES string of the molecule is CC1=[N+]([C@H](C)c2ccccc2)C(c2ccc(C)cc2)Nc2ccccc21.O=S(=O)([O-])C(F)(F)F. The molecule has 0 saturated carbocycles. The van der Waals surface area contributed by atoms with Gasteiger partial charge >= 0.3 is 5.51 Å². The van der Waals surface area contributed by atoms with Gasteiger partial charge in [0.05, 0.1) is 11.3 Å². The van der Waals surface area contributed by atoms with E-state index in [4.69, 9.17) is 13.0 Å². The molecule has 2 atom stereocenters. The van der Waals surface area contributed by atoms with Gasteiger partial charge in [-0.25, -0.2) is 13.0 Å². The third kappa shape index (κ3) is 5.66. The zero-order chi connectivity index (χ0) is 25.1. The first-order valence-electron chi connectivity index (χ1n) is 10.5. The molecule has 0 saturated heterocycles. The van der Waals surface area contributed by atoms with Crippen molar-refractivity contribution < 1.29 is 30.7 Å². The molecule has 1 unspecified atom stereocenters. The van der Waals surface area contributed by atoms with E-state index in [1.54, 1.807) is 0 Å². The predicted molar refractivity (Wildman–Crippen MR) is 125 cm³/mol. The fraction of sp³-hybridized carbons (Fsp3) is 0.240. The van der Waals surface area contributed by atoms with Gasteiger partial charge in [0.15, 0.2) is 21.9 Å². The number of anilines is 1. The first-order chi connectivity index (χ1) is 15.9. The van der Waals surface area contributed by atoms with Gasteiger partial charge in [0.2, 0.25) is 0 Å². The summed E-state index contributed by atoms with van der Waals surface area (Å²) < 4.78 is 61.4. The van der Waals surface area contributed by atoms with E-state index in [0.29, 0.717) is 0 Å². The van der Waals surface area contributed by atoms with Crippen molar-refractivity contribution in [2.24, 2.45) is 0 Å². The summed E-state index contributed by atoms with van der Waals surface area (Å²) >= 11 is 0. The van der Waals surface area contributed by atoms with Crippen molar-refractivity contribution in [3.8, 4) is 0 Å². The highest BCUT2D eigenvalue weighted by atomic mass is 32.2. The van der Waals surface area contributed by atoms with Crippen LogP contribution < -0.4 is 5.32 Å². The van der Waals surface area contributed by atoms with E-state index in [0.717, 1.165) is 0 Å². The van der Waals surface area contributed by atoms with Crippen molar-refractivity contribution in [3.05, 3.63) is 101 Å². The van der Waals surface area contributed by atoms with Gasteiger partial charge in [0.1, 0.15) is 0 Å². The van der Waals surface area contributed by atoms with Crippen LogP contribution in [-0.2, 0) is 10.1 Å². The Labute approximate surface area is 197 Å². The minimum Gasteiger partial charge on any atom is -0.741 e. The van der Waals surface area contributed by atoms with Gasteiger partial charge in [-0.1, -0.05) is 72.3 Å². The Kier molecular flexibility index (Phi) is 7.48. The average Bonchev–Trinajstić information content (AvgIpc) is 2.79. The highest BCUT2D eigenvalue weighted by Crippen LogP contribution is 2.34. The minimum absolute atomic E-state index is 0.112. The molecule has 0 aromatic heterocycles. The lowest BCUT2D eigenvalue weighted by molar-refractivity contribution is -0.605. The normalized spacial score (nSPS) is 16.6. The maximum Gasteiger partial charge on any atom is 0.485 e. The summed E-state index contributed by atoms with van der Waals surface area (Å²) in [5.41, 5.74) is 2.03. The van der Waals surface area contributed by atoms with E-state index in [1.165, 1.54) is 33.7 Å². The molecule has 3 aromatic rings. The monoisotopic (exact) mass is 490 g/mol. The lowest BCUT2D eigenvalue weighted by Gasteiger charge is -2.29. The van der Waals surface area contributed by atoms with Crippen molar-refractivity contribution in [2.75, 3.05) is 5.32 Å². The number of para-hydroxylation sites is 1. The number of benzene rings is 3. The number of rotatable bonds is 3. The summed E-state index contributed by atoms with van der Waals surface area (Å²) in [6.45, 7) is 6.66. The zero-order valence-electron chi connectivity index (χ0n) is 18.9. The van der Waals surface area contributed by atoms with Crippen molar-refractivity contribution in [1.29, 1.82) is 0 Å². The summed E-state index contributed by atoms with van der Waals surface area (Å²) in [4.78, 5) is 0. The first kappa shape index (κ1) is 25.5. The topological polar surface area (TPSA) is 72.2 Å². The molecular formula is C25H25F3N2O3S. The Morgan fingerprint density at radius 1 is 0.912 bits per heavy atom. The number of alkyl halides is 3. The lowest BCUT2D eigenvalue weighted by atomic mass is 9.98. The number of aryl methyl sites for hydroxylation is 1. The van der Waals surface area contributed by atoms with Crippen LogP contribution in [0.3, 0.4) is 0 Å². The Morgan fingerprint density at radius 2 is 1.44 bits per heavy atom. The molecule has 1 aliphatic rings. The number of hydrogen-bond acceptors (Lipinski definition) is 4. The predicted octanol–water partition coefficient (Wildman–Crippen LogP) is 5.75. The smallest absolute Gasteiger partial charge is 0.485 e. The number of nitrogens with zero attached hydrogens (tertiary/aromatic N) is 1. The Morgan fingerprint density at radius 3 is 2.00 bits per heavy atom. The molecule has 0 fully saturated rings. The number of halogens is 3. The number of nitrogens with one attached hydrogen (secondary N) is 1. The van der Waals surface area contributed by atoms with Gasteiger partial charge < -0.3 is 9.87 Å². The van der Waals surface area contributed by atoms with Gasteiger partial charge in [0.25, 0.3) is 6.17 Å². The van der Waals surface area contributed by atoms with E-state index in [2.05, 4.69) is 110 Å². The Balaban J connectivity index is 0.000000350. The van der Waals surface area contributed by atoms with Crippen LogP contribution in [0.1, 0.15) is 48.3 Å². The van der Waals surface area contributed by atoms with Crippen LogP contribution in [0.5, 0.6) is 0 Å². The molecule has 9 heteroatoms. The molecule has 1 heterocycles. The molecule has 0 spiro atoms. The molecule has 4 rings (SSSR count). The zero-order valence-corrected chi connectivity index (χ0v) is 19.7. The summed E-state index contributed by atoms with van der Waals surface area (Å²) in [7, 11) is -6.09. The summed E-state index contributed by atoms with van der Waals surface area (Å²) in [6, 6.07) is 28.4. The third-order valence-electron chi connectivity index (χ3n) is 5.65. The molecular weight excluding hydrogens is 465 g/mol. The van der Waals surface area contributed by atoms with Crippen LogP contribution in [0.15, 0.2) is 78.9 Å². The molecule has 5 nitrogen and oxygen atoms in total. The maximum atomic E-state index is 10.7. The summed E-state index contributed by atoms with van der Waals surface area (Å²) in [5.74, 6) is 0. The van der Waals surface area contributed by atoms with E-state index in [9.17, 15) is 13.2 Å². The minimum atomic E-state index is -6.09. The fourth-order valence-electron chi connectivity index (χ4n) is 3.87. The lowest BCUT2D eigenvalue weighted by Crippen LogP contribution is -2.36. The van der Waals surface area contributed by atoms with Crippen molar-refractivity contribution in [1.82, 2.24) is 0 Å². The highest BCUT2D eigenvalue weighted by molar-refractivity contribution is 7.86. The van der Waals surface area contributed by atoms with Gasteiger partial charge in [-0.15, -0.1) is 0 Å². The Bertz CT molecular complexity index is 1270. The van der Waals surface area contributed by atoms with E-state index in [1.807, 2.05) is 0 Å². The van der Waals surface area contributed by atoms with E-state index in [-0.39, 0.29) is 12.2 Å². The molecule has 0 bridgehead atoms. The number of hydrogen-bond donors (Lipinski definition) is 1.